The molecule has 0 radical (unpaired) electrons. The molecule has 2 heterocycles. The highest BCUT2D eigenvalue weighted by molar-refractivity contribution is 5.45. The summed E-state index contributed by atoms with van der Waals surface area (Å²) in [5, 5.41) is 12.1. The fourth-order valence-electron chi connectivity index (χ4n) is 2.08. The molecule has 1 fully saturated rings. The maximum absolute atomic E-state index is 8.85. The molecule has 0 aromatic carbocycles. The van der Waals surface area contributed by atoms with Gasteiger partial charge in [-0.1, -0.05) is 0 Å². The Balaban J connectivity index is 2.14. The van der Waals surface area contributed by atoms with E-state index in [1.54, 1.807) is 12.3 Å². The number of piperidine rings is 1. The molecular formula is C12H16N4. The van der Waals surface area contributed by atoms with Gasteiger partial charge in [-0.05, 0) is 32.0 Å². The zero-order valence-electron chi connectivity index (χ0n) is 9.48. The monoisotopic (exact) mass is 216 g/mol. The van der Waals surface area contributed by atoms with Gasteiger partial charge in [-0.3, -0.25) is 0 Å². The van der Waals surface area contributed by atoms with E-state index in [0.29, 0.717) is 11.6 Å². The van der Waals surface area contributed by atoms with Crippen molar-refractivity contribution in [2.45, 2.75) is 18.9 Å². The fourth-order valence-corrected chi connectivity index (χ4v) is 2.08. The Labute approximate surface area is 95.9 Å². The van der Waals surface area contributed by atoms with E-state index in [1.807, 2.05) is 13.1 Å². The Morgan fingerprint density at radius 1 is 1.62 bits per heavy atom. The maximum Gasteiger partial charge on any atom is 0.129 e. The predicted octanol–water partition coefficient (Wildman–Crippen LogP) is 1.14. The molecule has 1 aliphatic heterocycles. The van der Waals surface area contributed by atoms with Crippen molar-refractivity contribution >= 4 is 5.82 Å². The molecule has 16 heavy (non-hydrogen) atoms. The van der Waals surface area contributed by atoms with Crippen molar-refractivity contribution < 1.29 is 0 Å². The second-order valence-electron chi connectivity index (χ2n) is 4.09. The SMILES string of the molecule is CN[C@H]1CCCN(c2cc(C#N)ccn2)C1. The summed E-state index contributed by atoms with van der Waals surface area (Å²) in [7, 11) is 1.99. The van der Waals surface area contributed by atoms with Gasteiger partial charge >= 0.3 is 0 Å². The highest BCUT2D eigenvalue weighted by atomic mass is 15.2. The number of pyridine rings is 1. The topological polar surface area (TPSA) is 52.0 Å². The van der Waals surface area contributed by atoms with E-state index in [2.05, 4.69) is 21.3 Å². The highest BCUT2D eigenvalue weighted by Gasteiger charge is 2.19. The van der Waals surface area contributed by atoms with Gasteiger partial charge in [0, 0.05) is 25.3 Å². The van der Waals surface area contributed by atoms with Gasteiger partial charge in [-0.25, -0.2) is 4.98 Å². The number of nitrogens with zero attached hydrogens (tertiary/aromatic N) is 3. The van der Waals surface area contributed by atoms with Crippen LogP contribution in [0, 0.1) is 11.3 Å². The van der Waals surface area contributed by atoms with Crippen LogP contribution in [-0.2, 0) is 0 Å². The van der Waals surface area contributed by atoms with Gasteiger partial charge < -0.3 is 10.2 Å². The average Bonchev–Trinajstić information content (AvgIpc) is 2.39. The minimum atomic E-state index is 0.529. The summed E-state index contributed by atoms with van der Waals surface area (Å²) >= 11 is 0. The van der Waals surface area contributed by atoms with Crippen LogP contribution in [0.4, 0.5) is 5.82 Å². The normalized spacial score (nSPS) is 20.5. The van der Waals surface area contributed by atoms with Crippen LogP contribution in [-0.4, -0.2) is 31.2 Å². The quantitative estimate of drug-likeness (QED) is 0.805. The molecule has 84 valence electrons. The first-order chi connectivity index (χ1) is 7.83. The summed E-state index contributed by atoms with van der Waals surface area (Å²) in [5.41, 5.74) is 0.677. The molecule has 0 amide bonds. The third-order valence-corrected chi connectivity index (χ3v) is 3.03. The second-order valence-corrected chi connectivity index (χ2v) is 4.09. The van der Waals surface area contributed by atoms with Gasteiger partial charge in [0.1, 0.15) is 5.82 Å². The Bertz CT molecular complexity index is 396. The number of anilines is 1. The van der Waals surface area contributed by atoms with Crippen LogP contribution in [0.5, 0.6) is 0 Å². The molecule has 0 unspecified atom stereocenters. The Hall–Kier alpha value is -1.60. The van der Waals surface area contributed by atoms with E-state index in [1.165, 1.54) is 12.8 Å². The maximum atomic E-state index is 8.85. The lowest BCUT2D eigenvalue weighted by Crippen LogP contribution is -2.44. The fraction of sp³-hybridized carbons (Fsp3) is 0.500. The molecule has 1 aromatic rings. The van der Waals surface area contributed by atoms with Crippen LogP contribution >= 0.6 is 0 Å². The van der Waals surface area contributed by atoms with Crippen molar-refractivity contribution in [3.05, 3.63) is 23.9 Å². The molecule has 4 nitrogen and oxygen atoms in total. The van der Waals surface area contributed by atoms with E-state index in [0.717, 1.165) is 18.9 Å². The van der Waals surface area contributed by atoms with Gasteiger partial charge in [-0.15, -0.1) is 0 Å². The van der Waals surface area contributed by atoms with E-state index in [4.69, 9.17) is 5.26 Å². The van der Waals surface area contributed by atoms with Gasteiger partial charge in [0.2, 0.25) is 0 Å². The third-order valence-electron chi connectivity index (χ3n) is 3.03. The first kappa shape index (κ1) is 10.9. The van der Waals surface area contributed by atoms with Crippen molar-refractivity contribution in [2.75, 3.05) is 25.0 Å². The highest BCUT2D eigenvalue weighted by Crippen LogP contribution is 2.18. The van der Waals surface area contributed by atoms with Gasteiger partial charge in [0.15, 0.2) is 0 Å². The molecule has 1 aromatic heterocycles. The molecular weight excluding hydrogens is 200 g/mol. The standard InChI is InChI=1S/C12H16N4/c1-14-11-3-2-6-16(9-11)12-7-10(8-13)4-5-15-12/h4-5,7,11,14H,2-3,6,9H2,1H3/t11-/m0/s1. The molecule has 1 aliphatic rings. The number of hydrogen-bond acceptors (Lipinski definition) is 4. The lowest BCUT2D eigenvalue weighted by molar-refractivity contribution is 0.447. The molecule has 1 N–H and O–H groups in total. The average molecular weight is 216 g/mol. The van der Waals surface area contributed by atoms with Crippen molar-refractivity contribution in [1.82, 2.24) is 10.3 Å². The minimum absolute atomic E-state index is 0.529. The van der Waals surface area contributed by atoms with Gasteiger partial charge in [0.25, 0.3) is 0 Å². The van der Waals surface area contributed by atoms with Crippen LogP contribution in [0.3, 0.4) is 0 Å². The number of hydrogen-bond donors (Lipinski definition) is 1. The van der Waals surface area contributed by atoms with E-state index >= 15 is 0 Å². The Morgan fingerprint density at radius 3 is 3.25 bits per heavy atom. The largest absolute Gasteiger partial charge is 0.355 e. The predicted molar refractivity (Wildman–Crippen MR) is 63.2 cm³/mol. The Morgan fingerprint density at radius 2 is 2.50 bits per heavy atom. The number of aromatic nitrogens is 1. The van der Waals surface area contributed by atoms with Gasteiger partial charge in [0.05, 0.1) is 11.6 Å². The van der Waals surface area contributed by atoms with E-state index in [-0.39, 0.29) is 0 Å². The molecule has 0 spiro atoms. The van der Waals surface area contributed by atoms with E-state index < -0.39 is 0 Å². The summed E-state index contributed by atoms with van der Waals surface area (Å²) in [6.45, 7) is 2.00. The summed E-state index contributed by atoms with van der Waals surface area (Å²) in [4.78, 5) is 6.57. The van der Waals surface area contributed by atoms with Crippen molar-refractivity contribution in [2.24, 2.45) is 0 Å². The molecule has 2 rings (SSSR count). The van der Waals surface area contributed by atoms with Crippen LogP contribution in [0.15, 0.2) is 18.3 Å². The zero-order valence-corrected chi connectivity index (χ0v) is 9.48. The van der Waals surface area contributed by atoms with Crippen LogP contribution in [0.2, 0.25) is 0 Å². The number of nitrogens with one attached hydrogen (secondary N) is 1. The van der Waals surface area contributed by atoms with Crippen molar-refractivity contribution in [3.63, 3.8) is 0 Å². The summed E-state index contributed by atoms with van der Waals surface area (Å²) < 4.78 is 0. The van der Waals surface area contributed by atoms with Crippen LogP contribution < -0.4 is 10.2 Å². The molecule has 0 saturated carbocycles. The third kappa shape index (κ3) is 2.31. The summed E-state index contributed by atoms with van der Waals surface area (Å²) in [6.07, 6.45) is 4.09. The minimum Gasteiger partial charge on any atom is -0.355 e. The smallest absolute Gasteiger partial charge is 0.129 e. The van der Waals surface area contributed by atoms with E-state index in [9.17, 15) is 0 Å². The van der Waals surface area contributed by atoms with Crippen LogP contribution in [0.1, 0.15) is 18.4 Å². The molecule has 1 atom stereocenters. The Kier molecular flexibility index (Phi) is 3.37. The molecule has 0 aliphatic carbocycles. The van der Waals surface area contributed by atoms with Crippen LogP contribution in [0.25, 0.3) is 0 Å². The lowest BCUT2D eigenvalue weighted by Gasteiger charge is -2.33. The number of rotatable bonds is 2. The molecule has 0 bridgehead atoms. The second kappa shape index (κ2) is 4.95. The molecule has 4 heteroatoms. The van der Waals surface area contributed by atoms with Gasteiger partial charge in [-0.2, -0.15) is 5.26 Å². The zero-order chi connectivity index (χ0) is 11.4. The first-order valence-corrected chi connectivity index (χ1v) is 5.62. The van der Waals surface area contributed by atoms with Crippen molar-refractivity contribution in [3.8, 4) is 6.07 Å². The first-order valence-electron chi connectivity index (χ1n) is 5.62. The number of likely N-dealkylation sites (N-methyl/N-ethyl adjacent to an activating group) is 1. The lowest BCUT2D eigenvalue weighted by atomic mass is 10.1. The molecule has 1 saturated heterocycles. The number of nitriles is 1. The van der Waals surface area contributed by atoms with Crippen molar-refractivity contribution in [1.29, 1.82) is 5.26 Å². The summed E-state index contributed by atoms with van der Waals surface area (Å²) in [6, 6.07) is 6.28. The summed E-state index contributed by atoms with van der Waals surface area (Å²) in [5.74, 6) is 0.916.